The number of rotatable bonds is 8. The number of methoxy groups -OCH3 is 1. The van der Waals surface area contributed by atoms with Crippen LogP contribution < -0.4 is 25.0 Å². The third kappa shape index (κ3) is 5.49. The summed E-state index contributed by atoms with van der Waals surface area (Å²) >= 11 is 0. The van der Waals surface area contributed by atoms with Gasteiger partial charge in [0.1, 0.15) is 16.9 Å². The van der Waals surface area contributed by atoms with E-state index in [0.717, 1.165) is 6.07 Å². The van der Waals surface area contributed by atoms with Crippen molar-refractivity contribution >= 4 is 22.6 Å². The van der Waals surface area contributed by atoms with Crippen molar-refractivity contribution < 1.29 is 27.8 Å². The number of aromatic nitrogens is 3. The van der Waals surface area contributed by atoms with Gasteiger partial charge in [-0.05, 0) is 56.2 Å². The number of nitrogens with one attached hydrogen (secondary N) is 2. The summed E-state index contributed by atoms with van der Waals surface area (Å²) in [5, 5.41) is 2.55. The van der Waals surface area contributed by atoms with Gasteiger partial charge < -0.3 is 24.5 Å². The Balaban J connectivity index is 1.41. The molecular formula is C31H26F2N4O5. The molecule has 1 amide bonds. The predicted molar refractivity (Wildman–Crippen MR) is 154 cm³/mol. The second-order valence-electron chi connectivity index (χ2n) is 9.30. The number of hydrogen-bond donors (Lipinski definition) is 2. The number of pyridine rings is 3. The Morgan fingerprint density at radius 3 is 2.55 bits per heavy atom. The lowest BCUT2D eigenvalue weighted by Gasteiger charge is -2.13. The second-order valence-corrected chi connectivity index (χ2v) is 9.30. The molecule has 42 heavy (non-hydrogen) atoms. The average Bonchev–Trinajstić information content (AvgIpc) is 2.95. The quantitative estimate of drug-likeness (QED) is 0.223. The van der Waals surface area contributed by atoms with E-state index in [1.54, 1.807) is 19.9 Å². The largest absolute Gasteiger partial charge is 0.491 e. The SMILES string of the molecule is CCOc1nc2c(Oc3ccc(NC(=O)c4c[nH]c(C)c(-c5ccc(F)cc5C)c4=O)cc3F)ccnc2cc1OC. The molecule has 0 fully saturated rings. The normalized spacial score (nSPS) is 10.9. The van der Waals surface area contributed by atoms with Crippen LogP contribution in [0.25, 0.3) is 22.2 Å². The van der Waals surface area contributed by atoms with E-state index >= 15 is 4.39 Å². The summed E-state index contributed by atoms with van der Waals surface area (Å²) in [6, 6.07) is 11.1. The van der Waals surface area contributed by atoms with Crippen molar-refractivity contribution in [1.82, 2.24) is 15.0 Å². The number of H-pyrrole nitrogens is 1. The van der Waals surface area contributed by atoms with Crippen molar-refractivity contribution in [2.75, 3.05) is 19.0 Å². The smallest absolute Gasteiger partial charge is 0.261 e. The van der Waals surface area contributed by atoms with Gasteiger partial charge in [0.15, 0.2) is 23.1 Å². The Bertz CT molecular complexity index is 1890. The van der Waals surface area contributed by atoms with Crippen molar-refractivity contribution in [2.45, 2.75) is 20.8 Å². The molecule has 0 aliphatic heterocycles. The van der Waals surface area contributed by atoms with Gasteiger partial charge >= 0.3 is 0 Å². The van der Waals surface area contributed by atoms with Gasteiger partial charge in [0.05, 0.1) is 19.2 Å². The molecule has 0 atom stereocenters. The van der Waals surface area contributed by atoms with Gasteiger partial charge in [0.25, 0.3) is 11.8 Å². The van der Waals surface area contributed by atoms with Crippen molar-refractivity contribution in [2.24, 2.45) is 0 Å². The van der Waals surface area contributed by atoms with Crippen LogP contribution in [0.15, 0.2) is 65.7 Å². The highest BCUT2D eigenvalue weighted by Gasteiger charge is 2.20. The highest BCUT2D eigenvalue weighted by Crippen LogP contribution is 2.35. The summed E-state index contributed by atoms with van der Waals surface area (Å²) in [5.41, 5.74) is 1.98. The Kier molecular flexibility index (Phi) is 7.83. The summed E-state index contributed by atoms with van der Waals surface area (Å²) in [6.45, 7) is 5.53. The molecular weight excluding hydrogens is 546 g/mol. The van der Waals surface area contributed by atoms with E-state index in [9.17, 15) is 14.0 Å². The van der Waals surface area contributed by atoms with Crippen LogP contribution >= 0.6 is 0 Å². The first-order valence-electron chi connectivity index (χ1n) is 12.9. The van der Waals surface area contributed by atoms with Crippen molar-refractivity contribution in [3.63, 3.8) is 0 Å². The molecule has 0 bridgehead atoms. The van der Waals surface area contributed by atoms with Crippen molar-refractivity contribution in [1.29, 1.82) is 0 Å². The molecule has 3 heterocycles. The number of carbonyl (C=O) groups excluding carboxylic acids is 1. The minimum atomic E-state index is -0.767. The number of nitrogens with zero attached hydrogens (tertiary/aromatic N) is 2. The maximum atomic E-state index is 15.1. The third-order valence-electron chi connectivity index (χ3n) is 6.50. The van der Waals surface area contributed by atoms with Crippen LogP contribution in [0.4, 0.5) is 14.5 Å². The molecule has 11 heteroatoms. The number of amides is 1. The summed E-state index contributed by atoms with van der Waals surface area (Å²) in [5.74, 6) is -1.20. The van der Waals surface area contributed by atoms with E-state index in [1.165, 1.54) is 55.9 Å². The highest BCUT2D eigenvalue weighted by atomic mass is 19.1. The molecule has 0 saturated heterocycles. The van der Waals surface area contributed by atoms with Crippen LogP contribution in [0.1, 0.15) is 28.5 Å². The zero-order valence-electron chi connectivity index (χ0n) is 23.2. The molecule has 0 aliphatic rings. The van der Waals surface area contributed by atoms with E-state index < -0.39 is 23.0 Å². The summed E-state index contributed by atoms with van der Waals surface area (Å²) < 4.78 is 45.5. The lowest BCUT2D eigenvalue weighted by Crippen LogP contribution is -2.24. The number of ether oxygens (including phenoxy) is 3. The molecule has 0 radical (unpaired) electrons. The van der Waals surface area contributed by atoms with Gasteiger partial charge in [-0.15, -0.1) is 0 Å². The van der Waals surface area contributed by atoms with Crippen LogP contribution in [0.3, 0.4) is 0 Å². The molecule has 5 rings (SSSR count). The van der Waals surface area contributed by atoms with E-state index in [4.69, 9.17) is 14.2 Å². The Morgan fingerprint density at radius 1 is 1.02 bits per heavy atom. The van der Waals surface area contributed by atoms with Gasteiger partial charge in [-0.1, -0.05) is 6.07 Å². The Morgan fingerprint density at radius 2 is 1.83 bits per heavy atom. The molecule has 2 aromatic carbocycles. The molecule has 3 aromatic heterocycles. The van der Waals surface area contributed by atoms with Gasteiger partial charge in [-0.2, -0.15) is 0 Å². The number of benzene rings is 2. The van der Waals surface area contributed by atoms with E-state index in [0.29, 0.717) is 40.2 Å². The maximum absolute atomic E-state index is 15.1. The minimum absolute atomic E-state index is 0.102. The molecule has 0 unspecified atom stereocenters. The molecule has 2 N–H and O–H groups in total. The number of fused-ring (bicyclic) bond motifs is 1. The molecule has 0 saturated carbocycles. The average molecular weight is 573 g/mol. The number of anilines is 1. The number of aryl methyl sites for hydroxylation is 2. The van der Waals surface area contributed by atoms with Crippen LogP contribution in [0.5, 0.6) is 23.1 Å². The monoisotopic (exact) mass is 572 g/mol. The van der Waals surface area contributed by atoms with E-state index in [2.05, 4.69) is 20.3 Å². The summed E-state index contributed by atoms with van der Waals surface area (Å²) in [4.78, 5) is 38.0. The first-order valence-corrected chi connectivity index (χ1v) is 12.9. The van der Waals surface area contributed by atoms with Crippen LogP contribution in [0, 0.1) is 25.5 Å². The third-order valence-corrected chi connectivity index (χ3v) is 6.50. The van der Waals surface area contributed by atoms with Crippen molar-refractivity contribution in [3.8, 4) is 34.3 Å². The van der Waals surface area contributed by atoms with Gasteiger partial charge in [-0.3, -0.25) is 14.6 Å². The highest BCUT2D eigenvalue weighted by molar-refractivity contribution is 6.04. The standard InChI is InChI=1S/C31H26F2N4O5/c1-5-41-31-26(40-4)14-23-28(37-31)25(10-11-34-23)42-24-9-7-19(13-22(24)33)36-30(39)21-15-35-17(3)27(29(21)38)20-8-6-18(32)12-16(20)2/h6-15H,5H2,1-4H3,(H,35,38)(H,36,39). The maximum Gasteiger partial charge on any atom is 0.261 e. The second kappa shape index (κ2) is 11.7. The van der Waals surface area contributed by atoms with Crippen LogP contribution in [-0.2, 0) is 0 Å². The first-order chi connectivity index (χ1) is 20.2. The van der Waals surface area contributed by atoms with Crippen molar-refractivity contribution in [3.05, 3.63) is 99.6 Å². The summed E-state index contributed by atoms with van der Waals surface area (Å²) in [7, 11) is 1.49. The number of halogens is 2. The summed E-state index contributed by atoms with van der Waals surface area (Å²) in [6.07, 6.45) is 2.78. The number of carbonyl (C=O) groups is 1. The molecule has 214 valence electrons. The van der Waals surface area contributed by atoms with Gasteiger partial charge in [0.2, 0.25) is 5.43 Å². The van der Waals surface area contributed by atoms with Gasteiger partial charge in [0, 0.05) is 47.5 Å². The lowest BCUT2D eigenvalue weighted by atomic mass is 9.97. The van der Waals surface area contributed by atoms with E-state index in [-0.39, 0.29) is 34.2 Å². The fourth-order valence-corrected chi connectivity index (χ4v) is 4.48. The fraction of sp³-hybridized carbons (Fsp3) is 0.161. The number of aromatic amines is 1. The van der Waals surface area contributed by atoms with E-state index in [1.807, 2.05) is 6.92 Å². The predicted octanol–water partition coefficient (Wildman–Crippen LogP) is 6.33. The van der Waals surface area contributed by atoms with Crippen LogP contribution in [0.2, 0.25) is 0 Å². The zero-order valence-corrected chi connectivity index (χ0v) is 23.2. The Hall–Kier alpha value is -5.32. The molecule has 0 spiro atoms. The topological polar surface area (TPSA) is 115 Å². The zero-order chi connectivity index (χ0) is 30.0. The van der Waals surface area contributed by atoms with Crippen LogP contribution in [-0.4, -0.2) is 34.6 Å². The lowest BCUT2D eigenvalue weighted by molar-refractivity contribution is 0.102. The molecule has 5 aromatic rings. The first kappa shape index (κ1) is 28.2. The molecule has 9 nitrogen and oxygen atoms in total. The van der Waals surface area contributed by atoms with Gasteiger partial charge in [-0.25, -0.2) is 13.8 Å². The number of hydrogen-bond acceptors (Lipinski definition) is 7. The minimum Gasteiger partial charge on any atom is -0.491 e. The Labute approximate surface area is 239 Å². The molecule has 0 aliphatic carbocycles. The fourth-order valence-electron chi connectivity index (χ4n) is 4.48.